The van der Waals surface area contributed by atoms with Crippen LogP contribution in [0.1, 0.15) is 44.6 Å². The summed E-state index contributed by atoms with van der Waals surface area (Å²) in [7, 11) is 0. The van der Waals surface area contributed by atoms with Gasteiger partial charge in [0.1, 0.15) is 16.4 Å². The van der Waals surface area contributed by atoms with Crippen LogP contribution in [0.5, 0.6) is 6.01 Å². The molecule has 2 heterocycles. The highest BCUT2D eigenvalue weighted by molar-refractivity contribution is 6.29. The number of halogens is 4. The third-order valence-corrected chi connectivity index (χ3v) is 4.10. The standard InChI is InChI=1S/C19H21ClF3N5O5/c1-6-32-16-24-10(2)13(28(30)31)15(26-16)27(17(29)33-18(3,4)5)9-11-7-8-12(20)25-14(11)19(21,22)23/h7-8H,6,9H2,1-5H3. The van der Waals surface area contributed by atoms with E-state index < -0.39 is 57.3 Å². The van der Waals surface area contributed by atoms with Gasteiger partial charge in [-0.3, -0.25) is 15.0 Å². The van der Waals surface area contributed by atoms with E-state index in [-0.39, 0.29) is 18.3 Å². The predicted octanol–water partition coefficient (Wildman–Crippen LogP) is 5.10. The summed E-state index contributed by atoms with van der Waals surface area (Å²) in [6.45, 7) is 6.77. The minimum atomic E-state index is -4.91. The van der Waals surface area contributed by atoms with Crippen LogP contribution in [0.15, 0.2) is 12.1 Å². The number of rotatable bonds is 6. The second-order valence-corrected chi connectivity index (χ2v) is 8.05. The molecule has 0 aromatic carbocycles. The van der Waals surface area contributed by atoms with Gasteiger partial charge in [0.25, 0.3) is 0 Å². The van der Waals surface area contributed by atoms with Crippen molar-refractivity contribution in [2.45, 2.75) is 52.9 Å². The van der Waals surface area contributed by atoms with Crippen LogP contribution in [0, 0.1) is 17.0 Å². The third kappa shape index (κ3) is 6.63. The molecule has 0 saturated heterocycles. The van der Waals surface area contributed by atoms with Crippen LogP contribution in [0.25, 0.3) is 0 Å². The van der Waals surface area contributed by atoms with Crippen molar-refractivity contribution in [3.05, 3.63) is 44.4 Å². The first kappa shape index (κ1) is 26.0. The average molecular weight is 492 g/mol. The molecule has 1 amide bonds. The van der Waals surface area contributed by atoms with Crippen molar-refractivity contribution in [2.24, 2.45) is 0 Å². The first-order chi connectivity index (χ1) is 15.1. The molecule has 2 aromatic rings. The number of aryl methyl sites for hydroxylation is 1. The molecule has 0 fully saturated rings. The van der Waals surface area contributed by atoms with E-state index in [0.29, 0.717) is 4.90 Å². The zero-order valence-electron chi connectivity index (χ0n) is 18.4. The summed E-state index contributed by atoms with van der Waals surface area (Å²) in [4.78, 5) is 35.6. The van der Waals surface area contributed by atoms with Crippen molar-refractivity contribution in [2.75, 3.05) is 11.5 Å². The molecule has 0 atom stereocenters. The molecule has 2 aromatic heterocycles. The maximum Gasteiger partial charge on any atom is 0.433 e. The fourth-order valence-corrected chi connectivity index (χ4v) is 2.82. The Bertz CT molecular complexity index is 1060. The van der Waals surface area contributed by atoms with E-state index >= 15 is 0 Å². The fourth-order valence-electron chi connectivity index (χ4n) is 2.67. The smallest absolute Gasteiger partial charge is 0.433 e. The third-order valence-electron chi connectivity index (χ3n) is 3.89. The second kappa shape index (κ2) is 9.73. The summed E-state index contributed by atoms with van der Waals surface area (Å²) >= 11 is 5.63. The fraction of sp³-hybridized carbons (Fsp3) is 0.474. The van der Waals surface area contributed by atoms with Crippen molar-refractivity contribution in [3.8, 4) is 6.01 Å². The Morgan fingerprint density at radius 2 is 1.85 bits per heavy atom. The monoisotopic (exact) mass is 491 g/mol. The Morgan fingerprint density at radius 3 is 2.36 bits per heavy atom. The Kier molecular flexibility index (Phi) is 7.68. The van der Waals surface area contributed by atoms with Crippen LogP contribution in [-0.2, 0) is 17.5 Å². The number of nitro groups is 1. The molecule has 2 rings (SSSR count). The summed E-state index contributed by atoms with van der Waals surface area (Å²) in [5.74, 6) is -0.590. The number of hydrogen-bond donors (Lipinski definition) is 0. The molecular formula is C19H21ClF3N5O5. The van der Waals surface area contributed by atoms with E-state index in [1.54, 1.807) is 6.92 Å². The Hall–Kier alpha value is -3.22. The van der Waals surface area contributed by atoms with Crippen LogP contribution in [0.3, 0.4) is 0 Å². The van der Waals surface area contributed by atoms with Crippen LogP contribution in [0.4, 0.5) is 29.5 Å². The predicted molar refractivity (Wildman–Crippen MR) is 111 cm³/mol. The Balaban J connectivity index is 2.75. The summed E-state index contributed by atoms with van der Waals surface area (Å²) in [5.41, 5.74) is -3.77. The van der Waals surface area contributed by atoms with E-state index in [2.05, 4.69) is 15.0 Å². The summed E-state index contributed by atoms with van der Waals surface area (Å²) in [6.07, 6.45) is -6.08. The molecule has 0 saturated carbocycles. The number of ether oxygens (including phenoxy) is 2. The van der Waals surface area contributed by atoms with Gasteiger partial charge in [0.05, 0.1) is 18.1 Å². The Morgan fingerprint density at radius 1 is 1.21 bits per heavy atom. The van der Waals surface area contributed by atoms with E-state index in [0.717, 1.165) is 12.1 Å². The van der Waals surface area contributed by atoms with Gasteiger partial charge in [0.15, 0.2) is 5.69 Å². The van der Waals surface area contributed by atoms with Crippen molar-refractivity contribution in [1.82, 2.24) is 15.0 Å². The lowest BCUT2D eigenvalue weighted by Gasteiger charge is -2.27. The van der Waals surface area contributed by atoms with Crippen molar-refractivity contribution in [3.63, 3.8) is 0 Å². The number of nitrogens with zero attached hydrogens (tertiary/aromatic N) is 5. The molecule has 0 aliphatic heterocycles. The number of carbonyl (C=O) groups is 1. The van der Waals surface area contributed by atoms with Gasteiger partial charge in [-0.1, -0.05) is 17.7 Å². The zero-order chi connectivity index (χ0) is 25.1. The maximum atomic E-state index is 13.6. The van der Waals surface area contributed by atoms with Crippen LogP contribution in [-0.4, -0.2) is 38.2 Å². The number of pyridine rings is 1. The van der Waals surface area contributed by atoms with Gasteiger partial charge in [-0.25, -0.2) is 9.78 Å². The van der Waals surface area contributed by atoms with Gasteiger partial charge in [-0.2, -0.15) is 23.1 Å². The number of alkyl halides is 3. The SMILES string of the molecule is CCOc1nc(C)c([N+](=O)[O-])c(N(Cc2ccc(Cl)nc2C(F)(F)F)C(=O)OC(C)(C)C)n1. The molecule has 0 aliphatic carbocycles. The summed E-state index contributed by atoms with van der Waals surface area (Å²) in [5, 5.41) is 11.3. The number of amides is 1. The lowest BCUT2D eigenvalue weighted by atomic mass is 10.1. The number of carbonyl (C=O) groups excluding carboxylic acids is 1. The molecule has 180 valence electrons. The minimum Gasteiger partial charge on any atom is -0.464 e. The van der Waals surface area contributed by atoms with E-state index in [9.17, 15) is 28.1 Å². The van der Waals surface area contributed by atoms with E-state index in [4.69, 9.17) is 21.1 Å². The van der Waals surface area contributed by atoms with Crippen molar-refractivity contribution >= 4 is 29.2 Å². The molecule has 0 radical (unpaired) electrons. The largest absolute Gasteiger partial charge is 0.464 e. The highest BCUT2D eigenvalue weighted by Crippen LogP contribution is 2.36. The van der Waals surface area contributed by atoms with Gasteiger partial charge in [-0.15, -0.1) is 0 Å². The van der Waals surface area contributed by atoms with Gasteiger partial charge >= 0.3 is 24.0 Å². The van der Waals surface area contributed by atoms with Gasteiger partial charge in [0, 0.05) is 5.56 Å². The number of aromatic nitrogens is 3. The lowest BCUT2D eigenvalue weighted by Crippen LogP contribution is -2.38. The molecule has 0 unspecified atom stereocenters. The molecular weight excluding hydrogens is 471 g/mol. The van der Waals surface area contributed by atoms with Gasteiger partial charge in [-0.05, 0) is 40.7 Å². The first-order valence-corrected chi connectivity index (χ1v) is 9.90. The molecule has 0 aliphatic rings. The Labute approximate surface area is 191 Å². The highest BCUT2D eigenvalue weighted by Gasteiger charge is 2.39. The molecule has 0 bridgehead atoms. The van der Waals surface area contributed by atoms with Crippen molar-refractivity contribution in [1.29, 1.82) is 0 Å². The molecule has 33 heavy (non-hydrogen) atoms. The van der Waals surface area contributed by atoms with Crippen LogP contribution < -0.4 is 9.64 Å². The van der Waals surface area contributed by atoms with Crippen LogP contribution >= 0.6 is 11.6 Å². The topological polar surface area (TPSA) is 121 Å². The average Bonchev–Trinajstić information content (AvgIpc) is 2.64. The zero-order valence-corrected chi connectivity index (χ0v) is 19.1. The summed E-state index contributed by atoms with van der Waals surface area (Å²) in [6, 6.07) is 1.82. The lowest BCUT2D eigenvalue weighted by molar-refractivity contribution is -0.385. The second-order valence-electron chi connectivity index (χ2n) is 7.66. The number of anilines is 1. The molecule has 0 spiro atoms. The molecule has 10 nitrogen and oxygen atoms in total. The van der Waals surface area contributed by atoms with Gasteiger partial charge in [0.2, 0.25) is 5.82 Å². The van der Waals surface area contributed by atoms with Crippen molar-refractivity contribution < 1.29 is 32.4 Å². The number of hydrogen-bond acceptors (Lipinski definition) is 8. The molecule has 14 heteroatoms. The van der Waals surface area contributed by atoms with E-state index in [1.165, 1.54) is 27.7 Å². The highest BCUT2D eigenvalue weighted by atomic mass is 35.5. The maximum absolute atomic E-state index is 13.6. The first-order valence-electron chi connectivity index (χ1n) is 9.53. The summed E-state index contributed by atoms with van der Waals surface area (Å²) < 4.78 is 51.2. The molecule has 0 N–H and O–H groups in total. The van der Waals surface area contributed by atoms with Gasteiger partial charge < -0.3 is 9.47 Å². The quantitative estimate of drug-likeness (QED) is 0.311. The minimum absolute atomic E-state index is 0.0997. The normalized spacial score (nSPS) is 11.8. The van der Waals surface area contributed by atoms with Crippen LogP contribution in [0.2, 0.25) is 5.15 Å². The van der Waals surface area contributed by atoms with E-state index in [1.807, 2.05) is 0 Å².